The summed E-state index contributed by atoms with van der Waals surface area (Å²) in [5.74, 6) is 0. The molecule has 3 aromatic carbocycles. The SMILES string of the molecule is CCN(CC)c1ccc(C=CC=C(c2ccccc2)C2(c3ccc(N(CC)CC)cc3)C=CC=CC2)cc1. The highest BCUT2D eigenvalue weighted by Gasteiger charge is 2.34. The summed E-state index contributed by atoms with van der Waals surface area (Å²) in [4.78, 5) is 4.77. The zero-order valence-corrected chi connectivity index (χ0v) is 23.5. The standard InChI is InChI=1S/C36H42N2/c1-5-37(6-2)33-24-20-30(21-25-33)16-15-19-35(31-17-11-9-12-18-31)36(28-13-10-14-29-36)32-22-26-34(27-23-32)38(7-3)8-4/h9-28H,5-8,29H2,1-4H3. The highest BCUT2D eigenvalue weighted by Crippen LogP contribution is 2.45. The van der Waals surface area contributed by atoms with Gasteiger partial charge in [-0.15, -0.1) is 0 Å². The monoisotopic (exact) mass is 502 g/mol. The van der Waals surface area contributed by atoms with Gasteiger partial charge in [0.2, 0.25) is 0 Å². The Hall–Kier alpha value is -3.78. The van der Waals surface area contributed by atoms with E-state index in [2.05, 4.69) is 159 Å². The minimum absolute atomic E-state index is 0.227. The lowest BCUT2D eigenvalue weighted by Crippen LogP contribution is -2.27. The van der Waals surface area contributed by atoms with Gasteiger partial charge < -0.3 is 9.80 Å². The second kappa shape index (κ2) is 13.1. The van der Waals surface area contributed by atoms with E-state index < -0.39 is 0 Å². The van der Waals surface area contributed by atoms with Gasteiger partial charge in [0, 0.05) is 43.0 Å². The van der Waals surface area contributed by atoms with Crippen LogP contribution in [0.1, 0.15) is 50.8 Å². The maximum absolute atomic E-state index is 2.40. The van der Waals surface area contributed by atoms with Crippen molar-refractivity contribution in [2.45, 2.75) is 39.5 Å². The average molecular weight is 503 g/mol. The van der Waals surface area contributed by atoms with Crippen LogP contribution in [0.4, 0.5) is 11.4 Å². The summed E-state index contributed by atoms with van der Waals surface area (Å²) < 4.78 is 0. The van der Waals surface area contributed by atoms with Crippen LogP contribution in [0.5, 0.6) is 0 Å². The second-order valence-electron chi connectivity index (χ2n) is 9.75. The number of nitrogens with zero attached hydrogens (tertiary/aromatic N) is 2. The minimum Gasteiger partial charge on any atom is -0.372 e. The lowest BCUT2D eigenvalue weighted by Gasteiger charge is -2.36. The third-order valence-corrected chi connectivity index (χ3v) is 7.72. The molecular formula is C36H42N2. The van der Waals surface area contributed by atoms with Crippen LogP contribution in [0.25, 0.3) is 11.6 Å². The van der Waals surface area contributed by atoms with Crippen molar-refractivity contribution in [1.29, 1.82) is 0 Å². The number of rotatable bonds is 11. The number of anilines is 2. The van der Waals surface area contributed by atoms with E-state index in [9.17, 15) is 0 Å². The molecule has 0 heterocycles. The van der Waals surface area contributed by atoms with E-state index in [-0.39, 0.29) is 5.41 Å². The molecule has 0 N–H and O–H groups in total. The van der Waals surface area contributed by atoms with Gasteiger partial charge in [-0.05, 0) is 80.6 Å². The van der Waals surface area contributed by atoms with Crippen LogP contribution < -0.4 is 9.80 Å². The summed E-state index contributed by atoms with van der Waals surface area (Å²) in [5.41, 5.74) is 7.42. The molecule has 0 saturated carbocycles. The number of hydrogen-bond donors (Lipinski definition) is 0. The molecule has 1 aliphatic rings. The van der Waals surface area contributed by atoms with Crippen molar-refractivity contribution in [1.82, 2.24) is 0 Å². The Kier molecular flexibility index (Phi) is 9.43. The van der Waals surface area contributed by atoms with E-state index in [1.54, 1.807) is 0 Å². The molecule has 0 radical (unpaired) electrons. The van der Waals surface area contributed by atoms with E-state index in [1.165, 1.54) is 33.6 Å². The van der Waals surface area contributed by atoms with Crippen LogP contribution in [0.2, 0.25) is 0 Å². The smallest absolute Gasteiger partial charge is 0.0425 e. The zero-order valence-electron chi connectivity index (χ0n) is 23.5. The van der Waals surface area contributed by atoms with Crippen molar-refractivity contribution in [3.63, 3.8) is 0 Å². The summed E-state index contributed by atoms with van der Waals surface area (Å²) >= 11 is 0. The summed E-state index contributed by atoms with van der Waals surface area (Å²) in [5, 5.41) is 0. The minimum atomic E-state index is -0.227. The first-order valence-corrected chi connectivity index (χ1v) is 14.1. The van der Waals surface area contributed by atoms with E-state index in [0.29, 0.717) is 0 Å². The first-order chi connectivity index (χ1) is 18.6. The molecular weight excluding hydrogens is 460 g/mol. The number of allylic oxidation sites excluding steroid dienone is 7. The van der Waals surface area contributed by atoms with Crippen molar-refractivity contribution in [3.05, 3.63) is 132 Å². The van der Waals surface area contributed by atoms with Crippen LogP contribution in [-0.4, -0.2) is 26.2 Å². The maximum atomic E-state index is 2.40. The molecule has 1 aliphatic carbocycles. The van der Waals surface area contributed by atoms with Crippen LogP contribution in [0, 0.1) is 0 Å². The molecule has 38 heavy (non-hydrogen) atoms. The summed E-state index contributed by atoms with van der Waals surface area (Å²) in [6.07, 6.45) is 16.7. The Morgan fingerprint density at radius 1 is 0.711 bits per heavy atom. The lowest BCUT2D eigenvalue weighted by molar-refractivity contribution is 0.695. The van der Waals surface area contributed by atoms with Crippen molar-refractivity contribution < 1.29 is 0 Å². The molecule has 2 nitrogen and oxygen atoms in total. The van der Waals surface area contributed by atoms with Crippen molar-refractivity contribution in [2.75, 3.05) is 36.0 Å². The summed E-state index contributed by atoms with van der Waals surface area (Å²) in [6, 6.07) is 28.9. The molecule has 3 aromatic rings. The lowest BCUT2D eigenvalue weighted by atomic mass is 9.67. The maximum Gasteiger partial charge on any atom is 0.0425 e. The van der Waals surface area contributed by atoms with Gasteiger partial charge in [0.25, 0.3) is 0 Å². The molecule has 0 fully saturated rings. The normalized spacial score (nSPS) is 17.2. The fourth-order valence-corrected chi connectivity index (χ4v) is 5.51. The Morgan fingerprint density at radius 3 is 1.82 bits per heavy atom. The topological polar surface area (TPSA) is 6.48 Å². The molecule has 0 bridgehead atoms. The van der Waals surface area contributed by atoms with Crippen molar-refractivity contribution in [3.8, 4) is 0 Å². The van der Waals surface area contributed by atoms with Gasteiger partial charge in [-0.2, -0.15) is 0 Å². The number of benzene rings is 3. The first-order valence-electron chi connectivity index (χ1n) is 14.1. The Balaban J connectivity index is 1.73. The van der Waals surface area contributed by atoms with Gasteiger partial charge in [0.05, 0.1) is 0 Å². The molecule has 0 aliphatic heterocycles. The largest absolute Gasteiger partial charge is 0.372 e. The molecule has 0 saturated heterocycles. The average Bonchev–Trinajstić information content (AvgIpc) is 2.98. The fourth-order valence-electron chi connectivity index (χ4n) is 5.51. The predicted octanol–water partition coefficient (Wildman–Crippen LogP) is 8.93. The van der Waals surface area contributed by atoms with Crippen LogP contribution in [0.3, 0.4) is 0 Å². The highest BCUT2D eigenvalue weighted by molar-refractivity contribution is 5.80. The van der Waals surface area contributed by atoms with Gasteiger partial charge in [0.15, 0.2) is 0 Å². The molecule has 4 rings (SSSR count). The second-order valence-corrected chi connectivity index (χ2v) is 9.75. The molecule has 0 amide bonds. The van der Waals surface area contributed by atoms with E-state index >= 15 is 0 Å². The third kappa shape index (κ3) is 6.02. The van der Waals surface area contributed by atoms with Crippen LogP contribution in [-0.2, 0) is 5.41 Å². The third-order valence-electron chi connectivity index (χ3n) is 7.72. The Bertz CT molecular complexity index is 1260. The Morgan fingerprint density at radius 2 is 1.29 bits per heavy atom. The fraction of sp³-hybridized carbons (Fsp3) is 0.278. The molecule has 0 spiro atoms. The van der Waals surface area contributed by atoms with Crippen molar-refractivity contribution >= 4 is 23.0 Å². The Labute approximate surface area is 230 Å². The zero-order chi connectivity index (χ0) is 26.8. The summed E-state index contributed by atoms with van der Waals surface area (Å²) in [7, 11) is 0. The molecule has 1 unspecified atom stereocenters. The van der Waals surface area contributed by atoms with Crippen LogP contribution >= 0.6 is 0 Å². The van der Waals surface area contributed by atoms with Crippen molar-refractivity contribution in [2.24, 2.45) is 0 Å². The van der Waals surface area contributed by atoms with E-state index in [0.717, 1.165) is 32.6 Å². The molecule has 2 heteroatoms. The van der Waals surface area contributed by atoms with Gasteiger partial charge >= 0.3 is 0 Å². The van der Waals surface area contributed by atoms with Gasteiger partial charge in [-0.3, -0.25) is 0 Å². The molecule has 196 valence electrons. The highest BCUT2D eigenvalue weighted by atomic mass is 15.1. The quantitative estimate of drug-likeness (QED) is 0.241. The molecule has 0 aromatic heterocycles. The number of hydrogen-bond acceptors (Lipinski definition) is 2. The van der Waals surface area contributed by atoms with E-state index in [4.69, 9.17) is 0 Å². The van der Waals surface area contributed by atoms with E-state index in [1.807, 2.05) is 0 Å². The van der Waals surface area contributed by atoms with Gasteiger partial charge in [-0.1, -0.05) is 97.1 Å². The first kappa shape index (κ1) is 27.3. The predicted molar refractivity (Wildman–Crippen MR) is 168 cm³/mol. The van der Waals surface area contributed by atoms with Gasteiger partial charge in [0.1, 0.15) is 0 Å². The summed E-state index contributed by atoms with van der Waals surface area (Å²) in [6.45, 7) is 12.9. The molecule has 1 atom stereocenters. The van der Waals surface area contributed by atoms with Crippen LogP contribution in [0.15, 0.2) is 115 Å². The van der Waals surface area contributed by atoms with Gasteiger partial charge in [-0.25, -0.2) is 0 Å².